The number of hydrogen-bond donors (Lipinski definition) is 0. The molecule has 0 N–H and O–H groups in total. The van der Waals surface area contributed by atoms with E-state index in [1.165, 1.54) is 128 Å². The summed E-state index contributed by atoms with van der Waals surface area (Å²) in [6.45, 7) is 6.47. The lowest BCUT2D eigenvalue weighted by molar-refractivity contribution is -0.167. The van der Waals surface area contributed by atoms with Gasteiger partial charge < -0.3 is 14.2 Å². The second-order valence-corrected chi connectivity index (χ2v) is 18.8. The van der Waals surface area contributed by atoms with Gasteiger partial charge in [0.25, 0.3) is 0 Å². The maximum Gasteiger partial charge on any atom is 0.306 e. The van der Waals surface area contributed by atoms with Crippen LogP contribution in [-0.4, -0.2) is 37.2 Å². The van der Waals surface area contributed by atoms with Crippen LogP contribution < -0.4 is 0 Å². The van der Waals surface area contributed by atoms with Crippen LogP contribution in [-0.2, 0) is 28.6 Å². The van der Waals surface area contributed by atoms with Gasteiger partial charge in [-0.15, -0.1) is 0 Å². The molecule has 0 aromatic rings. The Hall–Kier alpha value is -3.15. The minimum Gasteiger partial charge on any atom is -0.462 e. The zero-order chi connectivity index (χ0) is 48.6. The third-order valence-corrected chi connectivity index (χ3v) is 12.2. The van der Waals surface area contributed by atoms with Crippen molar-refractivity contribution in [3.05, 3.63) is 72.9 Å². The highest BCUT2D eigenvalue weighted by Crippen LogP contribution is 2.15. The summed E-state index contributed by atoms with van der Waals surface area (Å²) in [6, 6.07) is 0. The maximum absolute atomic E-state index is 12.8. The van der Waals surface area contributed by atoms with E-state index in [9.17, 15) is 14.4 Å². The monoisotopic (exact) mass is 935 g/mol. The van der Waals surface area contributed by atoms with Gasteiger partial charge in [0.1, 0.15) is 13.2 Å². The van der Waals surface area contributed by atoms with Crippen LogP contribution in [0.2, 0.25) is 0 Å². The summed E-state index contributed by atoms with van der Waals surface area (Å²) in [5, 5.41) is 0. The Morgan fingerprint density at radius 3 is 0.910 bits per heavy atom. The normalized spacial score (nSPS) is 12.6. The number of allylic oxidation sites excluding steroid dienone is 12. The van der Waals surface area contributed by atoms with Crippen molar-refractivity contribution in [2.45, 2.75) is 284 Å². The summed E-state index contributed by atoms with van der Waals surface area (Å²) in [6.07, 6.45) is 70.6. The quantitative estimate of drug-likeness (QED) is 0.0262. The van der Waals surface area contributed by atoms with Crippen LogP contribution in [0, 0.1) is 0 Å². The third kappa shape index (κ3) is 53.7. The summed E-state index contributed by atoms with van der Waals surface area (Å²) in [7, 11) is 0. The molecule has 0 saturated carbocycles. The molecule has 0 fully saturated rings. The molecule has 386 valence electrons. The van der Waals surface area contributed by atoms with E-state index in [4.69, 9.17) is 14.2 Å². The van der Waals surface area contributed by atoms with Gasteiger partial charge in [0.15, 0.2) is 6.10 Å². The van der Waals surface area contributed by atoms with Gasteiger partial charge >= 0.3 is 17.9 Å². The topological polar surface area (TPSA) is 78.9 Å². The Morgan fingerprint density at radius 2 is 0.582 bits per heavy atom. The number of esters is 3. The summed E-state index contributed by atoms with van der Waals surface area (Å²) in [4.78, 5) is 37.9. The maximum atomic E-state index is 12.8. The van der Waals surface area contributed by atoms with Crippen molar-refractivity contribution in [2.24, 2.45) is 0 Å². The lowest BCUT2D eigenvalue weighted by Gasteiger charge is -2.18. The van der Waals surface area contributed by atoms with E-state index in [2.05, 4.69) is 93.7 Å². The Labute approximate surface area is 414 Å². The molecule has 6 nitrogen and oxygen atoms in total. The molecule has 0 spiro atoms. The van der Waals surface area contributed by atoms with Gasteiger partial charge in [0, 0.05) is 19.3 Å². The van der Waals surface area contributed by atoms with Crippen molar-refractivity contribution in [1.29, 1.82) is 0 Å². The first kappa shape index (κ1) is 63.8. The number of ether oxygens (including phenoxy) is 3. The lowest BCUT2D eigenvalue weighted by Crippen LogP contribution is -2.30. The molecular formula is C61H106O6. The van der Waals surface area contributed by atoms with Gasteiger partial charge in [-0.1, -0.05) is 241 Å². The largest absolute Gasteiger partial charge is 0.462 e. The molecule has 67 heavy (non-hydrogen) atoms. The van der Waals surface area contributed by atoms with E-state index in [-0.39, 0.29) is 31.1 Å². The molecule has 0 heterocycles. The van der Waals surface area contributed by atoms with E-state index in [1.54, 1.807) is 0 Å². The number of carbonyl (C=O) groups is 3. The fourth-order valence-corrected chi connectivity index (χ4v) is 7.93. The number of rotatable bonds is 51. The molecule has 0 aromatic carbocycles. The average Bonchev–Trinajstić information content (AvgIpc) is 3.33. The van der Waals surface area contributed by atoms with E-state index < -0.39 is 6.10 Å². The predicted octanol–water partition coefficient (Wildman–Crippen LogP) is 19.0. The van der Waals surface area contributed by atoms with Crippen molar-refractivity contribution in [3.63, 3.8) is 0 Å². The van der Waals surface area contributed by atoms with Crippen molar-refractivity contribution in [3.8, 4) is 0 Å². The standard InChI is InChI=1S/C61H106O6/c1-4-7-10-13-16-18-20-22-24-25-26-27-28-29-30-31-32-33-34-35-37-38-40-42-45-48-51-54-60(63)66-57-58(56-65-59(62)53-50-47-44-15-12-9-6-3)67-61(64)55-52-49-46-43-41-39-36-23-21-19-17-14-11-8-5-2/h8,11,17,19-20,22-23,25-26,28-29,36,58H,4-7,9-10,12-16,18,21,24,27,30-35,37-57H2,1-3H3/b11-8-,19-17-,22-20-,26-25-,29-28-,36-23-. The van der Waals surface area contributed by atoms with Gasteiger partial charge in [-0.25, -0.2) is 0 Å². The molecule has 0 aliphatic heterocycles. The summed E-state index contributed by atoms with van der Waals surface area (Å²) < 4.78 is 16.8. The van der Waals surface area contributed by atoms with Crippen LogP contribution in [0.15, 0.2) is 72.9 Å². The summed E-state index contributed by atoms with van der Waals surface area (Å²) >= 11 is 0. The number of unbranched alkanes of at least 4 members (excludes halogenated alkanes) is 28. The van der Waals surface area contributed by atoms with Crippen molar-refractivity contribution in [2.75, 3.05) is 13.2 Å². The van der Waals surface area contributed by atoms with Crippen LogP contribution in [0.25, 0.3) is 0 Å². The van der Waals surface area contributed by atoms with Crippen molar-refractivity contribution in [1.82, 2.24) is 0 Å². The molecule has 0 saturated heterocycles. The third-order valence-electron chi connectivity index (χ3n) is 12.2. The minimum absolute atomic E-state index is 0.0819. The Balaban J connectivity index is 4.14. The zero-order valence-electron chi connectivity index (χ0n) is 44.2. The number of carbonyl (C=O) groups excluding carboxylic acids is 3. The highest BCUT2D eigenvalue weighted by molar-refractivity contribution is 5.71. The van der Waals surface area contributed by atoms with Crippen LogP contribution in [0.4, 0.5) is 0 Å². The van der Waals surface area contributed by atoms with Crippen LogP contribution >= 0.6 is 0 Å². The molecule has 0 aliphatic carbocycles. The molecule has 0 aliphatic rings. The fraction of sp³-hybridized carbons (Fsp3) is 0.754. The molecule has 6 heteroatoms. The van der Waals surface area contributed by atoms with Crippen molar-refractivity contribution < 1.29 is 28.6 Å². The average molecular weight is 936 g/mol. The highest BCUT2D eigenvalue weighted by atomic mass is 16.6. The highest BCUT2D eigenvalue weighted by Gasteiger charge is 2.19. The van der Waals surface area contributed by atoms with E-state index >= 15 is 0 Å². The SMILES string of the molecule is CC/C=C\C/C=C\C/C=C\CCCCCCCC(=O)OC(COC(=O)CCCCCCCCC)COC(=O)CCCCCCCCCCCCCC/C=C\C/C=C\C/C=C\CCCCCCC. The zero-order valence-corrected chi connectivity index (χ0v) is 44.2. The first-order chi connectivity index (χ1) is 33.0. The summed E-state index contributed by atoms with van der Waals surface area (Å²) in [5.74, 6) is -0.903. The second kappa shape index (κ2) is 55.4. The first-order valence-electron chi connectivity index (χ1n) is 28.4. The van der Waals surface area contributed by atoms with E-state index in [0.717, 1.165) is 109 Å². The second-order valence-electron chi connectivity index (χ2n) is 18.8. The molecule has 0 radical (unpaired) electrons. The first-order valence-corrected chi connectivity index (χ1v) is 28.4. The Kier molecular flexibility index (Phi) is 52.8. The van der Waals surface area contributed by atoms with Gasteiger partial charge in [-0.2, -0.15) is 0 Å². The van der Waals surface area contributed by atoms with Gasteiger partial charge in [-0.05, 0) is 89.9 Å². The lowest BCUT2D eigenvalue weighted by atomic mass is 10.0. The smallest absolute Gasteiger partial charge is 0.306 e. The van der Waals surface area contributed by atoms with Crippen LogP contribution in [0.1, 0.15) is 278 Å². The molecule has 0 bridgehead atoms. The molecular weight excluding hydrogens is 829 g/mol. The van der Waals surface area contributed by atoms with Gasteiger partial charge in [-0.3, -0.25) is 14.4 Å². The van der Waals surface area contributed by atoms with Crippen LogP contribution in [0.3, 0.4) is 0 Å². The molecule has 0 aromatic heterocycles. The Bertz CT molecular complexity index is 1260. The van der Waals surface area contributed by atoms with E-state index in [0.29, 0.717) is 19.3 Å². The van der Waals surface area contributed by atoms with Gasteiger partial charge in [0.2, 0.25) is 0 Å². The molecule has 0 amide bonds. The number of hydrogen-bond acceptors (Lipinski definition) is 6. The van der Waals surface area contributed by atoms with Crippen LogP contribution in [0.5, 0.6) is 0 Å². The molecule has 0 rings (SSSR count). The Morgan fingerprint density at radius 1 is 0.313 bits per heavy atom. The summed E-state index contributed by atoms with van der Waals surface area (Å²) in [5.41, 5.74) is 0. The van der Waals surface area contributed by atoms with Gasteiger partial charge in [0.05, 0.1) is 0 Å². The van der Waals surface area contributed by atoms with Crippen molar-refractivity contribution >= 4 is 17.9 Å². The molecule has 1 unspecified atom stereocenters. The molecule has 1 atom stereocenters. The van der Waals surface area contributed by atoms with E-state index in [1.807, 2.05) is 0 Å². The predicted molar refractivity (Wildman–Crippen MR) is 288 cm³/mol. The minimum atomic E-state index is -0.781. The fourth-order valence-electron chi connectivity index (χ4n) is 7.93.